The van der Waals surface area contributed by atoms with Gasteiger partial charge in [-0.25, -0.2) is 0 Å². The molecule has 0 saturated heterocycles. The van der Waals surface area contributed by atoms with Gasteiger partial charge in [0.15, 0.2) is 0 Å². The number of rotatable bonds is 4. The number of hydrogen-bond donors (Lipinski definition) is 2. The monoisotopic (exact) mass is 210 g/mol. The van der Waals surface area contributed by atoms with Gasteiger partial charge in [0.2, 0.25) is 0 Å². The van der Waals surface area contributed by atoms with Gasteiger partial charge in [-0.1, -0.05) is 4.89 Å². The van der Waals surface area contributed by atoms with Gasteiger partial charge in [0, 0.05) is 6.04 Å². The molecule has 0 saturated carbocycles. The van der Waals surface area contributed by atoms with Crippen molar-refractivity contribution < 1.29 is 13.3 Å². The van der Waals surface area contributed by atoms with Crippen LogP contribution in [0.4, 0.5) is 0 Å². The molecule has 0 aliphatic rings. The van der Waals surface area contributed by atoms with Crippen molar-refractivity contribution >= 4 is 10.2 Å². The van der Waals surface area contributed by atoms with E-state index in [9.17, 15) is 8.42 Å². The van der Waals surface area contributed by atoms with Crippen LogP contribution >= 0.6 is 0 Å². The topological polar surface area (TPSA) is 67.4 Å². The van der Waals surface area contributed by atoms with Gasteiger partial charge in [-0.05, 0) is 34.6 Å². The number of nitrogens with one attached hydrogen (secondary N) is 2. The van der Waals surface area contributed by atoms with Crippen LogP contribution in [-0.2, 0) is 15.0 Å². The van der Waals surface area contributed by atoms with Crippen molar-refractivity contribution in [1.82, 2.24) is 9.61 Å². The van der Waals surface area contributed by atoms with Gasteiger partial charge in [0.25, 0.3) is 10.2 Å². The summed E-state index contributed by atoms with van der Waals surface area (Å²) in [6.07, 6.45) is 0. The van der Waals surface area contributed by atoms with Crippen molar-refractivity contribution in [3.05, 3.63) is 0 Å². The first kappa shape index (κ1) is 12.8. The van der Waals surface area contributed by atoms with Crippen LogP contribution in [0.1, 0.15) is 34.6 Å². The SMILES string of the molecule is CC(C)NS(=O)(=O)NOC(C)(C)C. The lowest BCUT2D eigenvalue weighted by atomic mass is 10.2. The molecule has 0 radical (unpaired) electrons. The Morgan fingerprint density at radius 3 is 2.00 bits per heavy atom. The Morgan fingerprint density at radius 2 is 1.69 bits per heavy atom. The van der Waals surface area contributed by atoms with Gasteiger partial charge in [0.1, 0.15) is 0 Å². The standard InChI is InChI=1S/C7H18N2O3S/c1-6(2)8-13(10,11)9-12-7(3,4)5/h6,8-9H,1-5H3. The molecule has 0 unspecified atom stereocenters. The average Bonchev–Trinajstić information content (AvgIpc) is 1.79. The highest BCUT2D eigenvalue weighted by Crippen LogP contribution is 2.04. The van der Waals surface area contributed by atoms with Crippen LogP contribution in [0.3, 0.4) is 0 Å². The lowest BCUT2D eigenvalue weighted by Gasteiger charge is -2.19. The summed E-state index contributed by atoms with van der Waals surface area (Å²) in [7, 11) is -3.54. The van der Waals surface area contributed by atoms with E-state index in [4.69, 9.17) is 4.84 Å². The van der Waals surface area contributed by atoms with Crippen molar-refractivity contribution in [2.45, 2.75) is 46.3 Å². The van der Waals surface area contributed by atoms with E-state index in [1.54, 1.807) is 34.6 Å². The molecular weight excluding hydrogens is 192 g/mol. The molecule has 13 heavy (non-hydrogen) atoms. The van der Waals surface area contributed by atoms with Gasteiger partial charge in [0.05, 0.1) is 5.60 Å². The molecule has 80 valence electrons. The Kier molecular flexibility index (Phi) is 4.31. The predicted octanol–water partition coefficient (Wildman–Crippen LogP) is 0.549. The van der Waals surface area contributed by atoms with Crippen LogP contribution < -0.4 is 9.61 Å². The minimum Gasteiger partial charge on any atom is -0.280 e. The van der Waals surface area contributed by atoms with E-state index in [1.165, 1.54) is 0 Å². The minimum absolute atomic E-state index is 0.152. The molecule has 0 rings (SSSR count). The second kappa shape index (κ2) is 4.36. The zero-order valence-electron chi connectivity index (χ0n) is 8.71. The van der Waals surface area contributed by atoms with Gasteiger partial charge < -0.3 is 0 Å². The zero-order chi connectivity index (χ0) is 10.7. The fourth-order valence-electron chi connectivity index (χ4n) is 0.514. The Balaban J connectivity index is 4.06. The molecule has 0 aromatic rings. The molecule has 0 aromatic carbocycles. The fraction of sp³-hybridized carbons (Fsp3) is 1.00. The van der Waals surface area contributed by atoms with E-state index in [0.717, 1.165) is 0 Å². The molecule has 2 N–H and O–H groups in total. The Hall–Kier alpha value is -0.170. The molecule has 5 nitrogen and oxygen atoms in total. The van der Waals surface area contributed by atoms with Crippen LogP contribution in [0.25, 0.3) is 0 Å². The molecule has 0 aromatic heterocycles. The van der Waals surface area contributed by atoms with Crippen molar-refractivity contribution in [2.75, 3.05) is 0 Å². The summed E-state index contributed by atoms with van der Waals surface area (Å²) < 4.78 is 24.6. The highest BCUT2D eigenvalue weighted by atomic mass is 32.2. The summed E-state index contributed by atoms with van der Waals surface area (Å²) in [5.41, 5.74) is -0.536. The third-order valence-corrected chi connectivity index (χ3v) is 1.93. The summed E-state index contributed by atoms with van der Waals surface area (Å²) in [6.45, 7) is 8.73. The summed E-state index contributed by atoms with van der Waals surface area (Å²) in [5.74, 6) is 0. The minimum atomic E-state index is -3.54. The fourth-order valence-corrected chi connectivity index (χ4v) is 1.54. The summed E-state index contributed by atoms with van der Waals surface area (Å²) in [6, 6.07) is -0.152. The molecule has 6 heteroatoms. The molecule has 0 heterocycles. The van der Waals surface area contributed by atoms with E-state index in [-0.39, 0.29) is 6.04 Å². The van der Waals surface area contributed by atoms with Crippen molar-refractivity contribution in [3.8, 4) is 0 Å². The average molecular weight is 210 g/mol. The van der Waals surface area contributed by atoms with Crippen LogP contribution in [-0.4, -0.2) is 20.1 Å². The van der Waals surface area contributed by atoms with Crippen LogP contribution in [0.15, 0.2) is 0 Å². The summed E-state index contributed by atoms with van der Waals surface area (Å²) in [5, 5.41) is 0. The predicted molar refractivity (Wildman–Crippen MR) is 51.2 cm³/mol. The van der Waals surface area contributed by atoms with Crippen molar-refractivity contribution in [3.63, 3.8) is 0 Å². The van der Waals surface area contributed by atoms with E-state index in [0.29, 0.717) is 0 Å². The molecule has 0 atom stereocenters. The molecular formula is C7H18N2O3S. The summed E-state index contributed by atoms with van der Waals surface area (Å²) in [4.78, 5) is 6.89. The van der Waals surface area contributed by atoms with E-state index >= 15 is 0 Å². The first-order valence-electron chi connectivity index (χ1n) is 4.09. The number of hydrogen-bond acceptors (Lipinski definition) is 3. The molecule has 0 bridgehead atoms. The van der Waals surface area contributed by atoms with Crippen LogP contribution in [0.2, 0.25) is 0 Å². The highest BCUT2D eigenvalue weighted by molar-refractivity contribution is 7.87. The smallest absolute Gasteiger partial charge is 0.280 e. The first-order valence-corrected chi connectivity index (χ1v) is 5.58. The molecule has 0 aliphatic carbocycles. The second-order valence-electron chi connectivity index (χ2n) is 4.07. The maximum Gasteiger partial charge on any atom is 0.299 e. The molecule has 0 aliphatic heterocycles. The van der Waals surface area contributed by atoms with Crippen LogP contribution in [0.5, 0.6) is 0 Å². The lowest BCUT2D eigenvalue weighted by Crippen LogP contribution is -2.43. The second-order valence-corrected chi connectivity index (χ2v) is 5.48. The first-order chi connectivity index (χ1) is 5.62. The Morgan fingerprint density at radius 1 is 1.23 bits per heavy atom. The Bertz CT molecular complexity index is 241. The maximum atomic E-state index is 11.1. The largest absolute Gasteiger partial charge is 0.299 e. The molecule has 0 amide bonds. The van der Waals surface area contributed by atoms with Crippen molar-refractivity contribution in [1.29, 1.82) is 0 Å². The van der Waals surface area contributed by atoms with Crippen LogP contribution in [0, 0.1) is 0 Å². The maximum absolute atomic E-state index is 11.1. The zero-order valence-corrected chi connectivity index (χ0v) is 9.53. The van der Waals surface area contributed by atoms with Gasteiger partial charge in [-0.15, -0.1) is 0 Å². The van der Waals surface area contributed by atoms with E-state index in [2.05, 4.69) is 4.72 Å². The molecule has 0 fully saturated rings. The normalized spacial score (nSPS) is 13.7. The molecule has 0 spiro atoms. The quantitative estimate of drug-likeness (QED) is 0.666. The van der Waals surface area contributed by atoms with Gasteiger partial charge >= 0.3 is 0 Å². The van der Waals surface area contributed by atoms with Crippen molar-refractivity contribution in [2.24, 2.45) is 0 Å². The summed E-state index contributed by atoms with van der Waals surface area (Å²) >= 11 is 0. The Labute approximate surface area is 80.0 Å². The highest BCUT2D eigenvalue weighted by Gasteiger charge is 2.17. The third kappa shape index (κ3) is 8.17. The van der Waals surface area contributed by atoms with E-state index in [1.807, 2.05) is 4.89 Å². The van der Waals surface area contributed by atoms with Gasteiger partial charge in [-0.2, -0.15) is 13.1 Å². The lowest BCUT2D eigenvalue weighted by molar-refractivity contribution is -0.0364. The third-order valence-electron chi connectivity index (χ3n) is 0.848. The van der Waals surface area contributed by atoms with E-state index < -0.39 is 15.8 Å². The van der Waals surface area contributed by atoms with Gasteiger partial charge in [-0.3, -0.25) is 4.84 Å².